The van der Waals surface area contributed by atoms with Crippen molar-refractivity contribution in [3.63, 3.8) is 0 Å². The predicted octanol–water partition coefficient (Wildman–Crippen LogP) is 3.68. The van der Waals surface area contributed by atoms with Crippen molar-refractivity contribution >= 4 is 12.2 Å². The molecule has 152 valence electrons. The van der Waals surface area contributed by atoms with Crippen molar-refractivity contribution in [2.75, 3.05) is 19.6 Å². The highest BCUT2D eigenvalue weighted by molar-refractivity contribution is 5.70. The molecule has 0 fully saturated rings. The van der Waals surface area contributed by atoms with E-state index >= 15 is 0 Å². The number of nitrogens with zero attached hydrogens (tertiary/aromatic N) is 4. The molecular formula is C19H32N4O4. The Morgan fingerprint density at radius 3 is 1.78 bits per heavy atom. The second-order valence-corrected chi connectivity index (χ2v) is 8.27. The fourth-order valence-corrected chi connectivity index (χ4v) is 2.17. The van der Waals surface area contributed by atoms with Crippen LogP contribution in [0.2, 0.25) is 0 Å². The summed E-state index contributed by atoms with van der Waals surface area (Å²) in [7, 11) is 0. The molecular weight excluding hydrogens is 348 g/mol. The molecule has 0 spiro atoms. The van der Waals surface area contributed by atoms with Crippen LogP contribution >= 0.6 is 0 Å². The molecule has 0 aliphatic rings. The van der Waals surface area contributed by atoms with Gasteiger partial charge in [0.2, 0.25) is 0 Å². The van der Waals surface area contributed by atoms with Crippen molar-refractivity contribution in [3.8, 4) is 12.1 Å². The Morgan fingerprint density at radius 1 is 0.889 bits per heavy atom. The Morgan fingerprint density at radius 2 is 1.33 bits per heavy atom. The maximum atomic E-state index is 12.5. The number of carbonyl (C=O) groups excluding carboxylic acids is 2. The minimum atomic E-state index is -0.673. The van der Waals surface area contributed by atoms with Gasteiger partial charge in [0.15, 0.2) is 0 Å². The largest absolute Gasteiger partial charge is 0.444 e. The second kappa shape index (κ2) is 10.6. The number of hydrogen-bond acceptors (Lipinski definition) is 6. The van der Waals surface area contributed by atoms with Gasteiger partial charge in [0.05, 0.1) is 25.0 Å². The first-order valence-electron chi connectivity index (χ1n) is 9.02. The number of rotatable bonds is 7. The van der Waals surface area contributed by atoms with E-state index in [0.717, 1.165) is 0 Å². The molecule has 0 aromatic carbocycles. The van der Waals surface area contributed by atoms with E-state index < -0.39 is 29.4 Å². The van der Waals surface area contributed by atoms with Crippen LogP contribution in [0.1, 0.15) is 61.3 Å². The molecule has 2 amide bonds. The summed E-state index contributed by atoms with van der Waals surface area (Å²) in [6, 6.07) is 3.61. The molecule has 0 saturated heterocycles. The lowest BCUT2D eigenvalue weighted by Gasteiger charge is -2.34. The molecule has 1 atom stereocenters. The molecule has 0 saturated carbocycles. The van der Waals surface area contributed by atoms with Crippen LogP contribution in [0, 0.1) is 22.7 Å². The quantitative estimate of drug-likeness (QED) is 0.667. The standard InChI is InChI=1S/C19H32N4O4/c1-15(23(13-9-11-21)17(25)27-19(5,6)7)14-22(12-8-10-20)16(24)26-18(2,3)4/h15H,8-9,12-14H2,1-7H3. The van der Waals surface area contributed by atoms with Gasteiger partial charge in [0.25, 0.3) is 0 Å². The zero-order chi connectivity index (χ0) is 21.3. The van der Waals surface area contributed by atoms with Gasteiger partial charge >= 0.3 is 12.2 Å². The van der Waals surface area contributed by atoms with Gasteiger partial charge < -0.3 is 19.3 Å². The van der Waals surface area contributed by atoms with Crippen LogP contribution in [0.5, 0.6) is 0 Å². The lowest BCUT2D eigenvalue weighted by atomic mass is 10.2. The minimum Gasteiger partial charge on any atom is -0.444 e. The number of hydrogen-bond donors (Lipinski definition) is 0. The lowest BCUT2D eigenvalue weighted by molar-refractivity contribution is 0.00519. The molecule has 0 aliphatic carbocycles. The van der Waals surface area contributed by atoms with Gasteiger partial charge in [-0.3, -0.25) is 0 Å². The summed E-state index contributed by atoms with van der Waals surface area (Å²) >= 11 is 0. The van der Waals surface area contributed by atoms with Crippen LogP contribution in [0.4, 0.5) is 9.59 Å². The maximum absolute atomic E-state index is 12.5. The Balaban J connectivity index is 5.30. The summed E-state index contributed by atoms with van der Waals surface area (Å²) in [5.41, 5.74) is -1.34. The minimum absolute atomic E-state index is 0.147. The fraction of sp³-hybridized carbons (Fsp3) is 0.789. The third-order valence-electron chi connectivity index (χ3n) is 3.25. The lowest BCUT2D eigenvalue weighted by Crippen LogP contribution is -2.49. The first-order valence-corrected chi connectivity index (χ1v) is 9.02. The summed E-state index contributed by atoms with van der Waals surface area (Å²) in [4.78, 5) is 27.8. The van der Waals surface area contributed by atoms with Crippen LogP contribution in [0.15, 0.2) is 0 Å². The summed E-state index contributed by atoms with van der Waals surface area (Å²) < 4.78 is 10.8. The zero-order valence-corrected chi connectivity index (χ0v) is 17.5. The molecule has 27 heavy (non-hydrogen) atoms. The van der Waals surface area contributed by atoms with Crippen molar-refractivity contribution < 1.29 is 19.1 Å². The van der Waals surface area contributed by atoms with Gasteiger partial charge in [-0.15, -0.1) is 0 Å². The third kappa shape index (κ3) is 11.0. The molecule has 0 aliphatic heterocycles. The summed E-state index contributed by atoms with van der Waals surface area (Å²) in [5.74, 6) is 0. The van der Waals surface area contributed by atoms with E-state index in [4.69, 9.17) is 20.0 Å². The first-order chi connectivity index (χ1) is 12.3. The Bertz CT molecular complexity index is 578. The van der Waals surface area contributed by atoms with Gasteiger partial charge in [-0.1, -0.05) is 0 Å². The third-order valence-corrected chi connectivity index (χ3v) is 3.25. The van der Waals surface area contributed by atoms with E-state index in [0.29, 0.717) is 0 Å². The molecule has 0 heterocycles. The van der Waals surface area contributed by atoms with Crippen LogP contribution in [0.3, 0.4) is 0 Å². The van der Waals surface area contributed by atoms with E-state index in [1.54, 1.807) is 48.5 Å². The van der Waals surface area contributed by atoms with E-state index in [1.165, 1.54) is 9.80 Å². The first kappa shape index (κ1) is 24.5. The van der Waals surface area contributed by atoms with Crippen molar-refractivity contribution in [2.45, 2.75) is 78.6 Å². The summed E-state index contributed by atoms with van der Waals surface area (Å²) in [6.07, 6.45) is -0.797. The topological polar surface area (TPSA) is 107 Å². The SMILES string of the molecule is CC(CN(CCC#N)C(=O)OC(C)(C)C)N(CCC#N)C(=O)OC(C)(C)C. The van der Waals surface area contributed by atoms with Crippen molar-refractivity contribution in [1.29, 1.82) is 10.5 Å². The smallest absolute Gasteiger partial charge is 0.410 e. The highest BCUT2D eigenvalue weighted by Gasteiger charge is 2.29. The van der Waals surface area contributed by atoms with E-state index in [1.807, 2.05) is 12.1 Å². The molecule has 0 bridgehead atoms. The van der Waals surface area contributed by atoms with Gasteiger partial charge in [-0.2, -0.15) is 10.5 Å². The summed E-state index contributed by atoms with van der Waals surface area (Å²) in [5, 5.41) is 17.7. The van der Waals surface area contributed by atoms with Crippen molar-refractivity contribution in [2.24, 2.45) is 0 Å². The van der Waals surface area contributed by atoms with E-state index in [9.17, 15) is 9.59 Å². The molecule has 8 heteroatoms. The molecule has 0 rings (SSSR count). The molecule has 0 radical (unpaired) electrons. The van der Waals surface area contributed by atoms with Gasteiger partial charge in [0, 0.05) is 25.7 Å². The molecule has 0 aromatic heterocycles. The number of carbonyl (C=O) groups is 2. The van der Waals surface area contributed by atoms with E-state index in [2.05, 4.69) is 0 Å². The Labute approximate surface area is 162 Å². The highest BCUT2D eigenvalue weighted by atomic mass is 16.6. The van der Waals surface area contributed by atoms with Crippen LogP contribution < -0.4 is 0 Å². The number of ether oxygens (including phenoxy) is 2. The van der Waals surface area contributed by atoms with Crippen LogP contribution in [-0.4, -0.2) is 58.9 Å². The zero-order valence-electron chi connectivity index (χ0n) is 17.5. The molecule has 1 unspecified atom stereocenters. The monoisotopic (exact) mass is 380 g/mol. The van der Waals surface area contributed by atoms with Gasteiger partial charge in [0.1, 0.15) is 11.2 Å². The highest BCUT2D eigenvalue weighted by Crippen LogP contribution is 2.15. The van der Waals surface area contributed by atoms with E-state index in [-0.39, 0.29) is 32.5 Å². The molecule has 8 nitrogen and oxygen atoms in total. The van der Waals surface area contributed by atoms with Crippen molar-refractivity contribution in [3.05, 3.63) is 0 Å². The van der Waals surface area contributed by atoms with Gasteiger partial charge in [-0.05, 0) is 48.5 Å². The normalized spacial score (nSPS) is 12.3. The van der Waals surface area contributed by atoms with Crippen LogP contribution in [-0.2, 0) is 9.47 Å². The van der Waals surface area contributed by atoms with Gasteiger partial charge in [-0.25, -0.2) is 9.59 Å². The van der Waals surface area contributed by atoms with Crippen molar-refractivity contribution in [1.82, 2.24) is 9.80 Å². The fourth-order valence-electron chi connectivity index (χ4n) is 2.17. The Hall–Kier alpha value is -2.48. The maximum Gasteiger partial charge on any atom is 0.410 e. The number of nitriles is 2. The average molecular weight is 380 g/mol. The number of amides is 2. The predicted molar refractivity (Wildman–Crippen MR) is 101 cm³/mol. The molecule has 0 aromatic rings. The summed E-state index contributed by atoms with van der Waals surface area (Å²) in [6.45, 7) is 12.9. The Kier molecular flexibility index (Phi) is 9.64. The average Bonchev–Trinajstić information content (AvgIpc) is 2.48. The molecule has 0 N–H and O–H groups in total. The second-order valence-electron chi connectivity index (χ2n) is 8.27. The van der Waals surface area contributed by atoms with Crippen LogP contribution in [0.25, 0.3) is 0 Å².